The zero-order valence-corrected chi connectivity index (χ0v) is 15.2. The highest BCUT2D eigenvalue weighted by Gasteiger charge is 2.17. The monoisotopic (exact) mass is 351 g/mol. The van der Waals surface area contributed by atoms with Crippen LogP contribution in [-0.2, 0) is 6.42 Å². The molecule has 2 aromatic heterocycles. The van der Waals surface area contributed by atoms with Gasteiger partial charge in [0.2, 0.25) is 0 Å². The summed E-state index contributed by atoms with van der Waals surface area (Å²) in [6, 6.07) is 10.2. The van der Waals surface area contributed by atoms with Gasteiger partial charge in [0, 0.05) is 5.56 Å². The number of aromatic nitrogens is 3. The van der Waals surface area contributed by atoms with Crippen LogP contribution < -0.4 is 10.5 Å². The molecule has 3 aromatic rings. The normalized spacial score (nSPS) is 15.0. The molecule has 1 fully saturated rings. The third-order valence-electron chi connectivity index (χ3n) is 5.14. The molecule has 1 aliphatic heterocycles. The van der Waals surface area contributed by atoms with Crippen LogP contribution in [0.3, 0.4) is 0 Å². The van der Waals surface area contributed by atoms with Crippen molar-refractivity contribution in [1.82, 2.24) is 19.5 Å². The van der Waals surface area contributed by atoms with Crippen molar-refractivity contribution in [2.24, 2.45) is 0 Å². The Morgan fingerprint density at radius 1 is 1.19 bits per heavy atom. The molecule has 6 heteroatoms. The van der Waals surface area contributed by atoms with Gasteiger partial charge in [-0.15, -0.1) is 0 Å². The molecule has 1 aliphatic rings. The summed E-state index contributed by atoms with van der Waals surface area (Å²) in [4.78, 5) is 6.70. The predicted molar refractivity (Wildman–Crippen MR) is 103 cm³/mol. The smallest absolute Gasteiger partial charge is 0.151 e. The van der Waals surface area contributed by atoms with Crippen molar-refractivity contribution in [1.29, 1.82) is 0 Å². The highest BCUT2D eigenvalue weighted by Crippen LogP contribution is 2.31. The number of nitrogens with two attached hydrogens (primary N) is 1. The van der Waals surface area contributed by atoms with Crippen molar-refractivity contribution in [3.05, 3.63) is 42.2 Å². The molecule has 1 aromatic carbocycles. The van der Waals surface area contributed by atoms with Gasteiger partial charge in [0.05, 0.1) is 12.8 Å². The zero-order chi connectivity index (χ0) is 17.9. The van der Waals surface area contributed by atoms with Crippen molar-refractivity contribution in [3.8, 4) is 17.0 Å². The Morgan fingerprint density at radius 2 is 2.04 bits per heavy atom. The number of aryl methyl sites for hydroxylation is 1. The largest absolute Gasteiger partial charge is 0.497 e. The van der Waals surface area contributed by atoms with E-state index in [2.05, 4.69) is 27.1 Å². The SMILES string of the molecule is COc1cccc(-c2c(CCCN3CCCC3)cc3c(N)ncnn23)c1. The number of methoxy groups -OCH3 is 1. The molecule has 3 heterocycles. The van der Waals surface area contributed by atoms with E-state index in [0.29, 0.717) is 5.82 Å². The summed E-state index contributed by atoms with van der Waals surface area (Å²) in [6.45, 7) is 3.61. The number of hydrogen-bond donors (Lipinski definition) is 1. The lowest BCUT2D eigenvalue weighted by atomic mass is 10.0. The Hall–Kier alpha value is -2.60. The number of fused-ring (bicyclic) bond motifs is 1. The second-order valence-electron chi connectivity index (χ2n) is 6.84. The molecule has 0 bridgehead atoms. The molecule has 4 rings (SSSR count). The summed E-state index contributed by atoms with van der Waals surface area (Å²) in [5.74, 6) is 1.34. The molecule has 2 N–H and O–H groups in total. The van der Waals surface area contributed by atoms with E-state index < -0.39 is 0 Å². The van der Waals surface area contributed by atoms with E-state index in [1.807, 2.05) is 22.7 Å². The summed E-state index contributed by atoms with van der Waals surface area (Å²) in [7, 11) is 1.69. The van der Waals surface area contributed by atoms with Crippen LogP contribution in [0.15, 0.2) is 36.7 Å². The maximum Gasteiger partial charge on any atom is 0.151 e. The summed E-state index contributed by atoms with van der Waals surface area (Å²) in [5.41, 5.74) is 10.4. The summed E-state index contributed by atoms with van der Waals surface area (Å²) < 4.78 is 7.31. The van der Waals surface area contributed by atoms with E-state index in [9.17, 15) is 0 Å². The highest BCUT2D eigenvalue weighted by molar-refractivity contribution is 5.77. The van der Waals surface area contributed by atoms with Crippen LogP contribution in [0, 0.1) is 0 Å². The Kier molecular flexibility index (Phi) is 4.75. The highest BCUT2D eigenvalue weighted by atomic mass is 16.5. The van der Waals surface area contributed by atoms with Crippen molar-refractivity contribution in [2.75, 3.05) is 32.5 Å². The van der Waals surface area contributed by atoms with E-state index in [1.165, 1.54) is 37.8 Å². The van der Waals surface area contributed by atoms with E-state index in [1.54, 1.807) is 7.11 Å². The fraction of sp³-hybridized carbons (Fsp3) is 0.400. The minimum Gasteiger partial charge on any atom is -0.497 e. The zero-order valence-electron chi connectivity index (χ0n) is 15.2. The van der Waals surface area contributed by atoms with Gasteiger partial charge < -0.3 is 15.4 Å². The van der Waals surface area contributed by atoms with Gasteiger partial charge in [-0.2, -0.15) is 5.10 Å². The lowest BCUT2D eigenvalue weighted by molar-refractivity contribution is 0.334. The molecule has 6 nitrogen and oxygen atoms in total. The van der Waals surface area contributed by atoms with Gasteiger partial charge in [-0.25, -0.2) is 9.50 Å². The number of likely N-dealkylation sites (tertiary alicyclic amines) is 1. The first kappa shape index (κ1) is 16.8. The van der Waals surface area contributed by atoms with Crippen LogP contribution in [0.5, 0.6) is 5.75 Å². The summed E-state index contributed by atoms with van der Waals surface area (Å²) >= 11 is 0. The number of ether oxygens (including phenoxy) is 1. The third kappa shape index (κ3) is 3.24. The number of hydrogen-bond acceptors (Lipinski definition) is 5. The van der Waals surface area contributed by atoms with Gasteiger partial charge >= 0.3 is 0 Å². The van der Waals surface area contributed by atoms with Crippen molar-refractivity contribution in [2.45, 2.75) is 25.7 Å². The predicted octanol–water partition coefficient (Wildman–Crippen LogP) is 3.02. The Morgan fingerprint density at radius 3 is 2.85 bits per heavy atom. The van der Waals surface area contributed by atoms with Gasteiger partial charge in [0.25, 0.3) is 0 Å². The second kappa shape index (κ2) is 7.33. The van der Waals surface area contributed by atoms with Crippen LogP contribution >= 0.6 is 0 Å². The van der Waals surface area contributed by atoms with E-state index >= 15 is 0 Å². The molecule has 0 amide bonds. The fourth-order valence-electron chi connectivity index (χ4n) is 3.83. The number of nitrogens with zero attached hydrogens (tertiary/aromatic N) is 4. The topological polar surface area (TPSA) is 68.7 Å². The van der Waals surface area contributed by atoms with E-state index in [0.717, 1.165) is 41.9 Å². The van der Waals surface area contributed by atoms with E-state index in [-0.39, 0.29) is 0 Å². The molecule has 0 aliphatic carbocycles. The first-order valence-corrected chi connectivity index (χ1v) is 9.24. The third-order valence-corrected chi connectivity index (χ3v) is 5.14. The average Bonchev–Trinajstić information content (AvgIpc) is 3.30. The van der Waals surface area contributed by atoms with Crippen LogP contribution in [0.2, 0.25) is 0 Å². The molecule has 0 atom stereocenters. The molecule has 0 radical (unpaired) electrons. The maximum absolute atomic E-state index is 6.10. The first-order chi connectivity index (χ1) is 12.8. The van der Waals surface area contributed by atoms with Crippen LogP contribution in [0.1, 0.15) is 24.8 Å². The Labute approximate surface area is 153 Å². The minimum atomic E-state index is 0.509. The Bertz CT molecular complexity index is 898. The molecular formula is C20H25N5O. The minimum absolute atomic E-state index is 0.509. The van der Waals surface area contributed by atoms with Crippen molar-refractivity contribution >= 4 is 11.3 Å². The summed E-state index contributed by atoms with van der Waals surface area (Å²) in [6.07, 6.45) is 6.29. The Balaban J connectivity index is 1.69. The average molecular weight is 351 g/mol. The fourth-order valence-corrected chi connectivity index (χ4v) is 3.83. The molecule has 1 saturated heterocycles. The molecule has 0 unspecified atom stereocenters. The van der Waals surface area contributed by atoms with Crippen LogP contribution in [0.25, 0.3) is 16.8 Å². The number of benzene rings is 1. The quantitative estimate of drug-likeness (QED) is 0.739. The molecule has 0 saturated carbocycles. The number of anilines is 1. The van der Waals surface area contributed by atoms with Crippen LogP contribution in [0.4, 0.5) is 5.82 Å². The molecular weight excluding hydrogens is 326 g/mol. The van der Waals surface area contributed by atoms with Crippen LogP contribution in [-0.4, -0.2) is 46.2 Å². The first-order valence-electron chi connectivity index (χ1n) is 9.24. The lowest BCUT2D eigenvalue weighted by Crippen LogP contribution is -2.20. The molecule has 136 valence electrons. The molecule has 0 spiro atoms. The van der Waals surface area contributed by atoms with Gasteiger partial charge in [-0.3, -0.25) is 0 Å². The van der Waals surface area contributed by atoms with Gasteiger partial charge in [0.1, 0.15) is 17.6 Å². The van der Waals surface area contributed by atoms with Crippen molar-refractivity contribution in [3.63, 3.8) is 0 Å². The maximum atomic E-state index is 6.10. The van der Waals surface area contributed by atoms with Gasteiger partial charge in [-0.05, 0) is 69.1 Å². The van der Waals surface area contributed by atoms with Crippen molar-refractivity contribution < 1.29 is 4.74 Å². The standard InChI is InChI=1S/C20H25N5O/c1-26-17-8-4-6-15(12-17)19-16(7-5-11-24-9-2-3-10-24)13-18-20(21)22-14-23-25(18)19/h4,6,8,12-14H,2-3,5,7,9-11H2,1H3,(H2,21,22,23). The second-order valence-corrected chi connectivity index (χ2v) is 6.84. The van der Waals surface area contributed by atoms with E-state index in [4.69, 9.17) is 10.5 Å². The number of rotatable bonds is 6. The van der Waals surface area contributed by atoms with Gasteiger partial charge in [-0.1, -0.05) is 12.1 Å². The molecule has 26 heavy (non-hydrogen) atoms. The van der Waals surface area contributed by atoms with Gasteiger partial charge in [0.15, 0.2) is 5.82 Å². The lowest BCUT2D eigenvalue weighted by Gasteiger charge is -2.14. The number of nitrogen functional groups attached to an aromatic ring is 1. The summed E-state index contributed by atoms with van der Waals surface area (Å²) in [5, 5.41) is 4.45.